The second-order valence-corrected chi connectivity index (χ2v) is 22.4. The zero-order chi connectivity index (χ0) is 49.7. The van der Waals surface area contributed by atoms with E-state index in [1.165, 1.54) is 53.2 Å². The van der Waals surface area contributed by atoms with E-state index in [9.17, 15) is 19.2 Å². The summed E-state index contributed by atoms with van der Waals surface area (Å²) in [6, 6.07) is 23.1. The maximum Gasteiger partial charge on any atom is 0.407 e. The summed E-state index contributed by atoms with van der Waals surface area (Å²) in [5.74, 6) is 3.33. The molecule has 3 aliphatic carbocycles. The Morgan fingerprint density at radius 2 is 1.23 bits per heavy atom. The van der Waals surface area contributed by atoms with Gasteiger partial charge < -0.3 is 39.9 Å². The maximum absolute atomic E-state index is 14.1. The number of benzene rings is 4. The van der Waals surface area contributed by atoms with Crippen LogP contribution in [0.3, 0.4) is 0 Å². The number of carbonyl (C=O) groups is 4. The van der Waals surface area contributed by atoms with Gasteiger partial charge in [-0.2, -0.15) is 23.5 Å². The van der Waals surface area contributed by atoms with Crippen LogP contribution < -0.4 is 10.6 Å². The Morgan fingerprint density at radius 1 is 0.690 bits per heavy atom. The van der Waals surface area contributed by atoms with Crippen molar-refractivity contribution in [1.29, 1.82) is 0 Å². The number of methoxy groups -OCH3 is 2. The Kier molecular flexibility index (Phi) is 13.6. The van der Waals surface area contributed by atoms with Crippen LogP contribution in [0.1, 0.15) is 98.0 Å². The normalized spacial score (nSPS) is 22.1. The average Bonchev–Trinajstić information content (AvgIpc) is 4.18. The number of hydrogen-bond donors (Lipinski definition) is 4. The van der Waals surface area contributed by atoms with Gasteiger partial charge in [0.2, 0.25) is 11.8 Å². The number of fused-ring (bicyclic) bond motifs is 5. The number of rotatable bonds is 14. The standard InChI is InChI=1S/C55H64N8O6S2/c1-30-20-47(62(28-30)51(64)43(16-18-70-6)60-53(66)68-4)49-56-41-14-11-34(25-45(41)58-49)37-23-36-27-55(3)39-13-9-32(8-10-33(37)24-40(36)55)22-38(39)35-12-15-42-46(26-35)59-50(57-42)48-21-31(2)29-63(48)52(65)44(17-19-71-7)61-54(67)69-5/h9,11-15,22-26,30-31,43-44,47-48H,8,10,16-21,27-29H2,1-7H3,(H,56,58)(H,57,59)(H,60,66)(H,61,67)/t30-,31-,43+,44+,47+,48+,55?/m1/s1. The fraction of sp³-hybridized carbons (Fsp3) is 0.455. The SMILES string of the molecule is COC(=O)N[C@@H](CCSC)C(=O)N1C[C@H](C)C[C@H]1c1nc2ccc(-c3cc4c5cc3CCc3ccc(c(-c6ccc7nc([C@@H]8C[C@@H](C)CN8C(=O)[C@H](CCSC)NC(=O)OC)[nH]c7c6)c3)C5(C)C4)cc2[nH]1. The predicted molar refractivity (Wildman–Crippen MR) is 282 cm³/mol. The molecule has 7 atom stereocenters. The third-order valence-electron chi connectivity index (χ3n) is 15.4. The lowest BCUT2D eigenvalue weighted by atomic mass is 9.59. The fourth-order valence-corrected chi connectivity index (χ4v) is 12.7. The Morgan fingerprint density at radius 3 is 1.75 bits per heavy atom. The zero-order valence-corrected chi connectivity index (χ0v) is 43.3. The van der Waals surface area contributed by atoms with Crippen LogP contribution in [-0.2, 0) is 43.7 Å². The molecular formula is C55H64N8O6S2. The van der Waals surface area contributed by atoms with Crippen molar-refractivity contribution in [3.8, 4) is 22.3 Å². The Hall–Kier alpha value is -6.00. The molecule has 71 heavy (non-hydrogen) atoms. The van der Waals surface area contributed by atoms with Crippen molar-refractivity contribution in [2.24, 2.45) is 11.8 Å². The molecule has 2 fully saturated rings. The molecule has 4 heterocycles. The summed E-state index contributed by atoms with van der Waals surface area (Å²) < 4.78 is 9.75. The van der Waals surface area contributed by atoms with Crippen LogP contribution >= 0.6 is 23.5 Å². The lowest BCUT2D eigenvalue weighted by molar-refractivity contribution is -0.135. The third kappa shape index (κ3) is 9.26. The molecule has 5 aliphatic rings. The summed E-state index contributed by atoms with van der Waals surface area (Å²) in [7, 11) is 2.63. The summed E-state index contributed by atoms with van der Waals surface area (Å²) in [6.45, 7) is 7.88. The Balaban J connectivity index is 0.915. The van der Waals surface area contributed by atoms with E-state index in [4.69, 9.17) is 19.4 Å². The molecule has 4 amide bonds. The van der Waals surface area contributed by atoms with E-state index in [-0.39, 0.29) is 41.1 Å². The monoisotopic (exact) mass is 996 g/mol. The molecule has 2 aliphatic heterocycles. The molecule has 0 spiro atoms. The number of hydrogen-bond acceptors (Lipinski definition) is 10. The van der Waals surface area contributed by atoms with Crippen LogP contribution in [0.25, 0.3) is 44.3 Å². The van der Waals surface area contributed by atoms with E-state index in [0.717, 1.165) is 88.5 Å². The highest BCUT2D eigenvalue weighted by Gasteiger charge is 2.44. The lowest BCUT2D eigenvalue weighted by Crippen LogP contribution is -2.49. The average molecular weight is 997 g/mol. The largest absolute Gasteiger partial charge is 0.453 e. The van der Waals surface area contributed by atoms with Gasteiger partial charge in [0.25, 0.3) is 0 Å². The van der Waals surface area contributed by atoms with Crippen LogP contribution in [0, 0.1) is 11.8 Å². The second kappa shape index (κ2) is 19.9. The number of aromatic amines is 2. The molecule has 4 N–H and O–H groups in total. The molecule has 0 saturated carbocycles. The van der Waals surface area contributed by atoms with Crippen molar-refractivity contribution < 1.29 is 28.7 Å². The fourth-order valence-electron chi connectivity index (χ4n) is 11.8. The molecule has 0 radical (unpaired) electrons. The number of aryl methyl sites for hydroxylation is 2. The van der Waals surface area contributed by atoms with E-state index in [1.807, 2.05) is 22.3 Å². The maximum atomic E-state index is 14.1. The van der Waals surface area contributed by atoms with E-state index in [2.05, 4.69) is 108 Å². The summed E-state index contributed by atoms with van der Waals surface area (Å²) >= 11 is 3.28. The summed E-state index contributed by atoms with van der Waals surface area (Å²) in [6.07, 6.45) is 8.02. The van der Waals surface area contributed by atoms with Crippen molar-refractivity contribution in [2.75, 3.05) is 51.3 Å². The van der Waals surface area contributed by atoms with Gasteiger partial charge in [-0.1, -0.05) is 63.2 Å². The minimum atomic E-state index is -0.676. The molecule has 11 rings (SSSR count). The number of nitrogens with zero attached hydrogens (tertiary/aromatic N) is 4. The van der Waals surface area contributed by atoms with E-state index < -0.39 is 24.3 Å². The van der Waals surface area contributed by atoms with Crippen molar-refractivity contribution in [3.63, 3.8) is 0 Å². The topological polar surface area (TPSA) is 175 Å². The highest BCUT2D eigenvalue weighted by molar-refractivity contribution is 7.98. The number of imidazole rings is 2. The quantitative estimate of drug-likeness (QED) is 0.0823. The van der Waals surface area contributed by atoms with Gasteiger partial charge in [-0.05, 0) is 155 Å². The van der Waals surface area contributed by atoms with Gasteiger partial charge in [-0.3, -0.25) is 9.59 Å². The number of aromatic nitrogens is 4. The van der Waals surface area contributed by atoms with Crippen molar-refractivity contribution in [1.82, 2.24) is 40.4 Å². The lowest BCUT2D eigenvalue weighted by Gasteiger charge is -2.44. The van der Waals surface area contributed by atoms with E-state index in [1.54, 1.807) is 23.5 Å². The minimum Gasteiger partial charge on any atom is -0.453 e. The van der Waals surface area contributed by atoms with Gasteiger partial charge >= 0.3 is 12.2 Å². The minimum absolute atomic E-state index is 0.109. The van der Waals surface area contributed by atoms with Gasteiger partial charge in [-0.25, -0.2) is 19.6 Å². The van der Waals surface area contributed by atoms with Crippen molar-refractivity contribution in [2.45, 2.75) is 95.3 Å². The molecule has 4 aromatic carbocycles. The van der Waals surface area contributed by atoms with Gasteiger partial charge in [0.1, 0.15) is 23.7 Å². The number of ether oxygens (including phenoxy) is 2. The summed E-state index contributed by atoms with van der Waals surface area (Å²) in [4.78, 5) is 73.8. The predicted octanol–water partition coefficient (Wildman–Crippen LogP) is 9.51. The second-order valence-electron chi connectivity index (χ2n) is 20.4. The number of thioether (sulfide) groups is 2. The number of nitrogens with one attached hydrogen (secondary N) is 4. The first kappa shape index (κ1) is 48.6. The van der Waals surface area contributed by atoms with Crippen LogP contribution in [0.15, 0.2) is 66.7 Å². The first-order valence-electron chi connectivity index (χ1n) is 24.9. The smallest absolute Gasteiger partial charge is 0.407 e. The number of H-pyrrole nitrogens is 2. The Labute approximate surface area is 423 Å². The van der Waals surface area contributed by atoms with Gasteiger partial charge in [0.15, 0.2) is 0 Å². The molecule has 16 heteroatoms. The summed E-state index contributed by atoms with van der Waals surface area (Å²) in [5, 5.41) is 5.57. The first-order valence-corrected chi connectivity index (χ1v) is 27.6. The first-order chi connectivity index (χ1) is 34.3. The van der Waals surface area contributed by atoms with Crippen molar-refractivity contribution in [3.05, 3.63) is 106 Å². The van der Waals surface area contributed by atoms with E-state index in [0.29, 0.717) is 25.9 Å². The zero-order valence-electron chi connectivity index (χ0n) is 41.6. The number of carbonyl (C=O) groups excluding carboxylic acids is 4. The van der Waals surface area contributed by atoms with Crippen molar-refractivity contribution >= 4 is 69.6 Å². The van der Waals surface area contributed by atoms with E-state index >= 15 is 0 Å². The molecule has 4 bridgehead atoms. The molecule has 6 aromatic rings. The highest BCUT2D eigenvalue weighted by atomic mass is 32.2. The molecule has 14 nitrogen and oxygen atoms in total. The molecule has 1 unspecified atom stereocenters. The summed E-state index contributed by atoms with van der Waals surface area (Å²) in [5.41, 5.74) is 14.8. The van der Waals surface area contributed by atoms with Gasteiger partial charge in [0.05, 0.1) is 48.4 Å². The van der Waals surface area contributed by atoms with Gasteiger partial charge in [0, 0.05) is 18.5 Å². The van der Waals surface area contributed by atoms with Gasteiger partial charge in [-0.15, -0.1) is 0 Å². The third-order valence-corrected chi connectivity index (χ3v) is 16.7. The number of amides is 4. The van der Waals surface area contributed by atoms with Crippen LogP contribution in [-0.4, -0.2) is 117 Å². The van der Waals surface area contributed by atoms with Crippen LogP contribution in [0.4, 0.5) is 9.59 Å². The number of likely N-dealkylation sites (tertiary alicyclic amines) is 2. The molecule has 372 valence electrons. The molecule has 2 saturated heterocycles. The Bertz CT molecular complexity index is 3040. The molecule has 2 aromatic heterocycles. The highest BCUT2D eigenvalue weighted by Crippen LogP contribution is 2.52. The molecular weight excluding hydrogens is 933 g/mol. The van der Waals surface area contributed by atoms with Crippen LogP contribution in [0.5, 0.6) is 0 Å². The number of alkyl carbamates (subject to hydrolysis) is 2. The van der Waals surface area contributed by atoms with Crippen LogP contribution in [0.2, 0.25) is 0 Å².